The zero-order chi connectivity index (χ0) is 26.2. The number of hydrogen-bond donors (Lipinski definition) is 1. The summed E-state index contributed by atoms with van der Waals surface area (Å²) in [4.78, 5) is 34.4. The fourth-order valence-electron chi connectivity index (χ4n) is 4.10. The predicted octanol–water partition coefficient (Wildman–Crippen LogP) is 2.19. The van der Waals surface area contributed by atoms with Crippen LogP contribution in [0.15, 0.2) is 53.3 Å². The van der Waals surface area contributed by atoms with E-state index >= 15 is 0 Å². The maximum atomic E-state index is 13.3. The van der Waals surface area contributed by atoms with Crippen LogP contribution in [0.1, 0.15) is 17.7 Å². The molecule has 1 aliphatic heterocycles. The molecule has 2 aromatic carbocycles. The van der Waals surface area contributed by atoms with Gasteiger partial charge in [0.25, 0.3) is 5.56 Å². The third-order valence-electron chi connectivity index (χ3n) is 6.35. The van der Waals surface area contributed by atoms with E-state index in [0.29, 0.717) is 30.2 Å². The number of carbonyl (C=O) groups is 1. The molecule has 10 heteroatoms. The van der Waals surface area contributed by atoms with Crippen LogP contribution in [0.25, 0.3) is 11.4 Å². The molecule has 1 saturated heterocycles. The van der Waals surface area contributed by atoms with Crippen LogP contribution in [-0.4, -0.2) is 89.2 Å². The molecule has 4 rings (SSSR count). The number of nitrogens with one attached hydrogen (secondary N) is 1. The fourth-order valence-corrected chi connectivity index (χ4v) is 4.10. The highest BCUT2D eigenvalue weighted by molar-refractivity contribution is 5.76. The molecule has 1 aromatic heterocycles. The van der Waals surface area contributed by atoms with Gasteiger partial charge in [0.1, 0.15) is 23.9 Å². The lowest BCUT2D eigenvalue weighted by molar-refractivity contribution is -0.132. The van der Waals surface area contributed by atoms with Crippen LogP contribution in [0.5, 0.6) is 5.75 Å². The van der Waals surface area contributed by atoms with Gasteiger partial charge in [0.2, 0.25) is 5.91 Å². The number of amides is 1. The number of H-pyrrole nitrogens is 1. The first-order valence-corrected chi connectivity index (χ1v) is 12.5. The summed E-state index contributed by atoms with van der Waals surface area (Å²) < 4.78 is 19.0. The molecule has 0 bridgehead atoms. The minimum atomic E-state index is -0.349. The van der Waals surface area contributed by atoms with Crippen LogP contribution < -0.4 is 10.3 Å². The molecule has 9 nitrogen and oxygen atoms in total. The number of halogens is 1. The van der Waals surface area contributed by atoms with Gasteiger partial charge in [-0.2, -0.15) is 0 Å². The monoisotopic (exact) mass is 508 g/mol. The molecule has 0 aliphatic carbocycles. The third kappa shape index (κ3) is 7.68. The van der Waals surface area contributed by atoms with E-state index in [2.05, 4.69) is 39.1 Å². The van der Waals surface area contributed by atoms with Crippen molar-refractivity contribution < 1.29 is 13.9 Å². The third-order valence-corrected chi connectivity index (χ3v) is 6.35. The van der Waals surface area contributed by atoms with Gasteiger partial charge < -0.3 is 19.5 Å². The van der Waals surface area contributed by atoms with Crippen molar-refractivity contribution in [3.8, 4) is 17.1 Å². The van der Waals surface area contributed by atoms with Gasteiger partial charge in [-0.25, -0.2) is 4.39 Å². The van der Waals surface area contributed by atoms with Gasteiger partial charge in [-0.15, -0.1) is 10.2 Å². The number of carbonyl (C=O) groups excluding carboxylic acids is 1. The molecule has 1 fully saturated rings. The molecule has 0 unspecified atom stereocenters. The van der Waals surface area contributed by atoms with E-state index in [1.807, 2.05) is 4.90 Å². The van der Waals surface area contributed by atoms with Crippen LogP contribution in [0.4, 0.5) is 4.39 Å². The standard InChI is InChI=1S/C27H33FN6O3/c1-32(2)12-13-33-14-16-34(17-15-33)25(35)11-10-24-27(36)29-26(31-30-24)21-6-8-23(9-7-21)37-19-20-4-3-5-22(28)18-20/h3-9,18H,10-17,19H2,1-2H3,(H,29,31,36). The molecule has 0 atom stereocenters. The molecule has 2 heterocycles. The first-order chi connectivity index (χ1) is 17.9. The van der Waals surface area contributed by atoms with E-state index in [9.17, 15) is 14.0 Å². The first kappa shape index (κ1) is 26.4. The first-order valence-electron chi connectivity index (χ1n) is 12.5. The largest absolute Gasteiger partial charge is 0.489 e. The average Bonchev–Trinajstić information content (AvgIpc) is 2.90. The zero-order valence-corrected chi connectivity index (χ0v) is 21.3. The number of rotatable bonds is 10. The number of aromatic nitrogens is 3. The zero-order valence-electron chi connectivity index (χ0n) is 21.3. The normalized spacial score (nSPS) is 14.2. The summed E-state index contributed by atoms with van der Waals surface area (Å²) in [6, 6.07) is 13.3. The molecule has 0 spiro atoms. The maximum absolute atomic E-state index is 13.3. The van der Waals surface area contributed by atoms with E-state index in [1.54, 1.807) is 36.4 Å². The van der Waals surface area contributed by atoms with E-state index in [4.69, 9.17) is 4.74 Å². The molecular weight excluding hydrogens is 475 g/mol. The Morgan fingerprint density at radius 1 is 1.08 bits per heavy atom. The Kier molecular flexibility index (Phi) is 8.97. The van der Waals surface area contributed by atoms with Crippen molar-refractivity contribution in [2.45, 2.75) is 19.4 Å². The van der Waals surface area contributed by atoms with Gasteiger partial charge in [0.15, 0.2) is 5.82 Å². The van der Waals surface area contributed by atoms with Gasteiger partial charge in [-0.05, 0) is 56.1 Å². The minimum absolute atomic E-state index is 0.0337. The Bertz CT molecular complexity index is 1240. The van der Waals surface area contributed by atoms with Crippen LogP contribution in [0.2, 0.25) is 0 Å². The highest BCUT2D eigenvalue weighted by atomic mass is 19.1. The van der Waals surface area contributed by atoms with Crippen molar-refractivity contribution >= 4 is 5.91 Å². The SMILES string of the molecule is CN(C)CCN1CCN(C(=O)CCc2nnc(-c3ccc(OCc4cccc(F)c4)cc3)[nH]c2=O)CC1. The lowest BCUT2D eigenvalue weighted by atomic mass is 10.2. The summed E-state index contributed by atoms with van der Waals surface area (Å²) in [5.41, 5.74) is 1.31. The summed E-state index contributed by atoms with van der Waals surface area (Å²) >= 11 is 0. The van der Waals surface area contributed by atoms with E-state index in [0.717, 1.165) is 31.7 Å². The summed E-state index contributed by atoms with van der Waals surface area (Å²) in [6.07, 6.45) is 0.474. The van der Waals surface area contributed by atoms with Crippen LogP contribution in [0.3, 0.4) is 0 Å². The number of hydrogen-bond acceptors (Lipinski definition) is 7. The van der Waals surface area contributed by atoms with Gasteiger partial charge >= 0.3 is 0 Å². The van der Waals surface area contributed by atoms with Crippen LogP contribution in [0, 0.1) is 5.82 Å². The average molecular weight is 509 g/mol. The number of piperazine rings is 1. The lowest BCUT2D eigenvalue weighted by Crippen LogP contribution is -2.50. The number of aryl methyl sites for hydroxylation is 1. The Labute approximate surface area is 215 Å². The highest BCUT2D eigenvalue weighted by Gasteiger charge is 2.21. The van der Waals surface area contributed by atoms with Crippen molar-refractivity contribution in [1.82, 2.24) is 29.9 Å². The maximum Gasteiger partial charge on any atom is 0.273 e. The van der Waals surface area contributed by atoms with Crippen molar-refractivity contribution in [2.24, 2.45) is 0 Å². The molecule has 0 saturated carbocycles. The number of aromatic amines is 1. The van der Waals surface area contributed by atoms with Crippen LogP contribution in [-0.2, 0) is 17.8 Å². The minimum Gasteiger partial charge on any atom is -0.489 e. The topological polar surface area (TPSA) is 94.7 Å². The van der Waals surface area contributed by atoms with E-state index < -0.39 is 0 Å². The predicted molar refractivity (Wildman–Crippen MR) is 139 cm³/mol. The molecule has 3 aromatic rings. The summed E-state index contributed by atoms with van der Waals surface area (Å²) in [7, 11) is 4.11. The number of likely N-dealkylation sites (N-methyl/N-ethyl adjacent to an activating group) is 1. The second-order valence-corrected chi connectivity index (χ2v) is 9.42. The lowest BCUT2D eigenvalue weighted by Gasteiger charge is -2.35. The smallest absolute Gasteiger partial charge is 0.273 e. The number of benzene rings is 2. The summed E-state index contributed by atoms with van der Waals surface area (Å²) in [6.45, 7) is 5.38. The van der Waals surface area contributed by atoms with Gasteiger partial charge in [0, 0.05) is 57.7 Å². The summed E-state index contributed by atoms with van der Waals surface area (Å²) in [5.74, 6) is 0.676. The van der Waals surface area contributed by atoms with E-state index in [1.165, 1.54) is 12.1 Å². The van der Waals surface area contributed by atoms with Gasteiger partial charge in [-0.3, -0.25) is 14.5 Å². The molecule has 1 aliphatic rings. The van der Waals surface area contributed by atoms with Gasteiger partial charge in [0.05, 0.1) is 0 Å². The fraction of sp³-hybridized carbons (Fsp3) is 0.407. The van der Waals surface area contributed by atoms with Crippen molar-refractivity contribution in [3.63, 3.8) is 0 Å². The Balaban J connectivity index is 1.26. The van der Waals surface area contributed by atoms with Crippen LogP contribution >= 0.6 is 0 Å². The number of nitrogens with zero attached hydrogens (tertiary/aromatic N) is 5. The van der Waals surface area contributed by atoms with Crippen molar-refractivity contribution in [1.29, 1.82) is 0 Å². The quantitative estimate of drug-likeness (QED) is 0.449. The Hall–Kier alpha value is -3.63. The highest BCUT2D eigenvalue weighted by Crippen LogP contribution is 2.19. The Morgan fingerprint density at radius 3 is 2.51 bits per heavy atom. The molecule has 196 valence electrons. The van der Waals surface area contributed by atoms with Crippen molar-refractivity contribution in [3.05, 3.63) is 76.0 Å². The Morgan fingerprint density at radius 2 is 1.84 bits per heavy atom. The molecular formula is C27H33FN6O3. The molecule has 1 N–H and O–H groups in total. The molecule has 1 amide bonds. The number of ether oxygens (including phenoxy) is 1. The molecule has 37 heavy (non-hydrogen) atoms. The van der Waals surface area contributed by atoms with Crippen molar-refractivity contribution in [2.75, 3.05) is 53.4 Å². The summed E-state index contributed by atoms with van der Waals surface area (Å²) in [5, 5.41) is 8.24. The van der Waals surface area contributed by atoms with Gasteiger partial charge in [-0.1, -0.05) is 12.1 Å². The van der Waals surface area contributed by atoms with E-state index in [-0.39, 0.29) is 42.4 Å². The second kappa shape index (κ2) is 12.6. The second-order valence-electron chi connectivity index (χ2n) is 9.42. The molecule has 0 radical (unpaired) electrons.